The number of carbonyl (C=O) groups excluding carboxylic acids is 2. The van der Waals surface area contributed by atoms with E-state index in [1.165, 1.54) is 12.1 Å². The lowest BCUT2D eigenvalue weighted by Crippen LogP contribution is -2.01. The molecule has 2 aromatic rings. The second kappa shape index (κ2) is 5.55. The second-order valence-corrected chi connectivity index (χ2v) is 4.92. The topological polar surface area (TPSA) is 83.8 Å². The van der Waals surface area contributed by atoms with Crippen molar-refractivity contribution in [1.29, 1.82) is 0 Å². The van der Waals surface area contributed by atoms with E-state index < -0.39 is 12.1 Å². The van der Waals surface area contributed by atoms with Crippen LogP contribution in [0.3, 0.4) is 0 Å². The van der Waals surface area contributed by atoms with Crippen LogP contribution in [0, 0.1) is 0 Å². The van der Waals surface area contributed by atoms with Crippen LogP contribution in [0.4, 0.5) is 0 Å². The van der Waals surface area contributed by atoms with E-state index in [2.05, 4.69) is 4.89 Å². The summed E-state index contributed by atoms with van der Waals surface area (Å²) in [7, 11) is 0. The van der Waals surface area contributed by atoms with Gasteiger partial charge in [0.15, 0.2) is 5.78 Å². The largest absolute Gasteiger partial charge is 0.383 e. The van der Waals surface area contributed by atoms with E-state index in [-0.39, 0.29) is 11.3 Å². The molecule has 3 rings (SSSR count). The number of fused-ring (bicyclic) bond motifs is 1. The highest BCUT2D eigenvalue weighted by atomic mass is 17.1. The Morgan fingerprint density at radius 3 is 2.41 bits per heavy atom. The van der Waals surface area contributed by atoms with E-state index in [1.807, 2.05) is 0 Å². The zero-order valence-electron chi connectivity index (χ0n) is 11.4. The maximum Gasteiger partial charge on any atom is 0.372 e. The van der Waals surface area contributed by atoms with Gasteiger partial charge in [0.25, 0.3) is 0 Å². The van der Waals surface area contributed by atoms with E-state index in [0.717, 1.165) is 0 Å². The van der Waals surface area contributed by atoms with E-state index in [4.69, 9.17) is 5.26 Å². The fraction of sp³-hybridized carbons (Fsp3) is 0.0588. The quantitative estimate of drug-likeness (QED) is 0.505. The first-order valence-corrected chi connectivity index (χ1v) is 6.61. The molecule has 0 amide bonds. The zero-order valence-corrected chi connectivity index (χ0v) is 11.4. The number of aliphatic hydroxyl groups is 1. The Morgan fingerprint density at radius 2 is 1.77 bits per heavy atom. The molecule has 5 heteroatoms. The summed E-state index contributed by atoms with van der Waals surface area (Å²) in [6.45, 7) is 0. The number of rotatable bonds is 2. The SMILES string of the molecule is O=C(OO)c1ccc(C=C2C(=O)c3ccccc3C2O)cc1. The number of aliphatic hydroxyl groups excluding tert-OH is 1. The summed E-state index contributed by atoms with van der Waals surface area (Å²) in [6, 6.07) is 13.1. The molecule has 0 aromatic heterocycles. The molecule has 1 aliphatic carbocycles. The van der Waals surface area contributed by atoms with Crippen molar-refractivity contribution in [3.8, 4) is 0 Å². The maximum absolute atomic E-state index is 12.3. The van der Waals surface area contributed by atoms with Gasteiger partial charge in [-0.15, -0.1) is 0 Å². The molecule has 5 nitrogen and oxygen atoms in total. The van der Waals surface area contributed by atoms with Crippen molar-refractivity contribution in [3.63, 3.8) is 0 Å². The molecule has 0 radical (unpaired) electrons. The molecule has 0 heterocycles. The molecule has 1 atom stereocenters. The van der Waals surface area contributed by atoms with Crippen molar-refractivity contribution in [3.05, 3.63) is 76.4 Å². The predicted octanol–water partition coefficient (Wildman–Crippen LogP) is 2.63. The van der Waals surface area contributed by atoms with Gasteiger partial charge in [0.1, 0.15) is 6.10 Å². The summed E-state index contributed by atoms with van der Waals surface area (Å²) >= 11 is 0. The molecule has 2 aromatic carbocycles. The van der Waals surface area contributed by atoms with Crippen molar-refractivity contribution in [2.24, 2.45) is 0 Å². The van der Waals surface area contributed by atoms with Gasteiger partial charge in [0, 0.05) is 11.1 Å². The molecule has 0 spiro atoms. The van der Waals surface area contributed by atoms with Crippen molar-refractivity contribution in [2.45, 2.75) is 6.10 Å². The van der Waals surface area contributed by atoms with Crippen molar-refractivity contribution >= 4 is 17.8 Å². The van der Waals surface area contributed by atoms with E-state index >= 15 is 0 Å². The number of hydrogen-bond acceptors (Lipinski definition) is 5. The Bertz CT molecular complexity index is 774. The van der Waals surface area contributed by atoms with Gasteiger partial charge in [-0.3, -0.25) is 9.68 Å². The summed E-state index contributed by atoms with van der Waals surface area (Å²) < 4.78 is 0. The summed E-state index contributed by atoms with van der Waals surface area (Å²) in [6.07, 6.45) is 0.631. The van der Waals surface area contributed by atoms with Gasteiger partial charge >= 0.3 is 5.97 Å². The van der Waals surface area contributed by atoms with Crippen LogP contribution in [0.15, 0.2) is 54.1 Å². The third kappa shape index (κ3) is 2.32. The molecule has 0 aliphatic heterocycles. The van der Waals surface area contributed by atoms with Gasteiger partial charge in [0.05, 0.1) is 5.56 Å². The fourth-order valence-corrected chi connectivity index (χ4v) is 2.48. The molecule has 0 bridgehead atoms. The van der Waals surface area contributed by atoms with Crippen LogP contribution in [0.2, 0.25) is 0 Å². The smallest absolute Gasteiger partial charge is 0.372 e. The molecule has 0 fully saturated rings. The van der Waals surface area contributed by atoms with Crippen LogP contribution in [-0.4, -0.2) is 22.1 Å². The highest BCUT2D eigenvalue weighted by molar-refractivity contribution is 6.16. The minimum absolute atomic E-state index is 0.186. The zero-order chi connectivity index (χ0) is 15.7. The first-order valence-electron chi connectivity index (χ1n) is 6.61. The lowest BCUT2D eigenvalue weighted by Gasteiger charge is -2.04. The molecule has 110 valence electrons. The highest BCUT2D eigenvalue weighted by Gasteiger charge is 2.32. The van der Waals surface area contributed by atoms with Crippen molar-refractivity contribution < 1.29 is 24.8 Å². The van der Waals surface area contributed by atoms with Crippen LogP contribution in [-0.2, 0) is 4.89 Å². The minimum Gasteiger partial charge on any atom is -0.383 e. The highest BCUT2D eigenvalue weighted by Crippen LogP contribution is 2.36. The Labute approximate surface area is 126 Å². The third-order valence-corrected chi connectivity index (χ3v) is 3.61. The molecule has 0 saturated carbocycles. The minimum atomic E-state index is -0.953. The first-order chi connectivity index (χ1) is 10.6. The molecule has 1 aliphatic rings. The van der Waals surface area contributed by atoms with Gasteiger partial charge in [-0.25, -0.2) is 4.79 Å². The van der Waals surface area contributed by atoms with Gasteiger partial charge in [-0.05, 0) is 29.3 Å². The number of ketones is 1. The lowest BCUT2D eigenvalue weighted by atomic mass is 10.0. The Balaban J connectivity index is 1.93. The van der Waals surface area contributed by atoms with Gasteiger partial charge in [-0.2, -0.15) is 5.26 Å². The maximum atomic E-state index is 12.3. The molecular weight excluding hydrogens is 284 g/mol. The standard InChI is InChI=1S/C17H12O5/c18-15-12-3-1-2-4-13(12)16(19)14(15)9-10-5-7-11(8-6-10)17(20)22-21/h1-9,15,18,21H. The van der Waals surface area contributed by atoms with Gasteiger partial charge < -0.3 is 5.11 Å². The summed E-state index contributed by atoms with van der Waals surface area (Å²) in [5.74, 6) is -1.06. The molecule has 22 heavy (non-hydrogen) atoms. The monoisotopic (exact) mass is 296 g/mol. The fourth-order valence-electron chi connectivity index (χ4n) is 2.48. The summed E-state index contributed by atoms with van der Waals surface area (Å²) in [4.78, 5) is 27.1. The third-order valence-electron chi connectivity index (χ3n) is 3.61. The first kappa shape index (κ1) is 14.2. The van der Waals surface area contributed by atoms with E-state index in [0.29, 0.717) is 22.3 Å². The van der Waals surface area contributed by atoms with Crippen LogP contribution in [0.25, 0.3) is 6.08 Å². The number of Topliss-reactive ketones (excluding diaryl/α,β-unsaturated/α-hetero) is 1. The molecule has 1 unspecified atom stereocenters. The average Bonchev–Trinajstić information content (AvgIpc) is 2.80. The van der Waals surface area contributed by atoms with E-state index in [9.17, 15) is 14.7 Å². The van der Waals surface area contributed by atoms with Gasteiger partial charge in [-0.1, -0.05) is 36.4 Å². The Kier molecular flexibility index (Phi) is 3.58. The Morgan fingerprint density at radius 1 is 1.09 bits per heavy atom. The van der Waals surface area contributed by atoms with Crippen molar-refractivity contribution in [2.75, 3.05) is 0 Å². The number of hydrogen-bond donors (Lipinski definition) is 2. The number of carbonyl (C=O) groups is 2. The molecule has 0 saturated heterocycles. The Hall–Kier alpha value is -2.76. The molecular formula is C17H12O5. The summed E-state index contributed by atoms with van der Waals surface area (Å²) in [5.41, 5.74) is 2.23. The van der Waals surface area contributed by atoms with Crippen LogP contribution < -0.4 is 0 Å². The van der Waals surface area contributed by atoms with Crippen LogP contribution in [0.5, 0.6) is 0 Å². The van der Waals surface area contributed by atoms with Gasteiger partial charge in [0.2, 0.25) is 0 Å². The second-order valence-electron chi connectivity index (χ2n) is 4.92. The molecule has 2 N–H and O–H groups in total. The normalized spacial score (nSPS) is 18.4. The predicted molar refractivity (Wildman–Crippen MR) is 78.2 cm³/mol. The summed E-state index contributed by atoms with van der Waals surface area (Å²) in [5, 5.41) is 18.6. The van der Waals surface area contributed by atoms with Crippen molar-refractivity contribution in [1.82, 2.24) is 0 Å². The lowest BCUT2D eigenvalue weighted by molar-refractivity contribution is -0.182. The van der Waals surface area contributed by atoms with Crippen LogP contribution >= 0.6 is 0 Å². The number of benzene rings is 2. The van der Waals surface area contributed by atoms with Crippen LogP contribution in [0.1, 0.15) is 37.9 Å². The van der Waals surface area contributed by atoms with E-state index in [1.54, 1.807) is 42.5 Å². The average molecular weight is 296 g/mol.